The summed E-state index contributed by atoms with van der Waals surface area (Å²) in [5, 5.41) is 48.8. The Bertz CT molecular complexity index is 1380. The molecule has 13 heteroatoms. The van der Waals surface area contributed by atoms with Crippen molar-refractivity contribution in [1.29, 1.82) is 0 Å². The van der Waals surface area contributed by atoms with E-state index in [-0.39, 0.29) is 31.9 Å². The van der Waals surface area contributed by atoms with E-state index in [0.717, 1.165) is 16.7 Å². The van der Waals surface area contributed by atoms with Crippen LogP contribution < -0.4 is 36.8 Å². The van der Waals surface area contributed by atoms with Crippen LogP contribution in [0.5, 0.6) is 0 Å². The molecule has 0 aliphatic rings. The molecule has 0 unspecified atom stereocenters. The van der Waals surface area contributed by atoms with Crippen LogP contribution in [0, 0.1) is 0 Å². The molecule has 0 radical (unpaired) electrons. The zero-order chi connectivity index (χ0) is 30.7. The van der Waals surface area contributed by atoms with Crippen molar-refractivity contribution in [2.45, 2.75) is 18.1 Å². The number of aliphatic hydroxyl groups excluding tert-OH is 1. The lowest BCUT2D eigenvalue weighted by atomic mass is 9.77. The number of carbonyl (C=O) groups is 3. The minimum absolute atomic E-state index is 0.105. The minimum atomic E-state index is -1.59. The first kappa shape index (κ1) is 30.4. The standard InChI is InChI=1S/C30H33N7O6/c38-17-16-37-26(25(20-33-37)35-27(39)34-24(18-31-28(40)41)19-32-29(42)43)36-30(21-10-4-1-5-11-21,22-12-6-2-7-13-22)23-14-8-3-9-15-23/h1-15,20,24,31-32,36,38H,16-19H2,(H,40,41)(H,42,43)(H2,34,35,39)/p-2. The van der Waals surface area contributed by atoms with E-state index in [1.165, 1.54) is 10.9 Å². The number of carbonyl (C=O) groups excluding carboxylic acids is 3. The monoisotopic (exact) mass is 585 g/mol. The topological polar surface area (TPSA) is 196 Å². The molecule has 13 nitrogen and oxygen atoms in total. The fourth-order valence-electron chi connectivity index (χ4n) is 4.76. The maximum Gasteiger partial charge on any atom is 0.319 e. The molecule has 4 rings (SSSR count). The Hall–Kier alpha value is -5.56. The van der Waals surface area contributed by atoms with Crippen molar-refractivity contribution in [3.63, 3.8) is 0 Å². The first-order chi connectivity index (χ1) is 20.8. The predicted molar refractivity (Wildman–Crippen MR) is 155 cm³/mol. The number of aromatic nitrogens is 2. The highest BCUT2D eigenvalue weighted by Crippen LogP contribution is 2.41. The maximum atomic E-state index is 13.1. The first-order valence-corrected chi connectivity index (χ1v) is 13.4. The van der Waals surface area contributed by atoms with Crippen molar-refractivity contribution in [3.8, 4) is 0 Å². The molecule has 0 saturated heterocycles. The van der Waals surface area contributed by atoms with E-state index in [1.54, 1.807) is 0 Å². The van der Waals surface area contributed by atoms with Crippen molar-refractivity contribution < 1.29 is 29.7 Å². The van der Waals surface area contributed by atoms with E-state index in [0.29, 0.717) is 5.82 Å². The van der Waals surface area contributed by atoms with Gasteiger partial charge in [-0.2, -0.15) is 5.10 Å². The summed E-state index contributed by atoms with van der Waals surface area (Å²) in [6.07, 6.45) is -1.76. The van der Waals surface area contributed by atoms with E-state index in [1.807, 2.05) is 102 Å². The van der Waals surface area contributed by atoms with Gasteiger partial charge in [0, 0.05) is 13.1 Å². The number of hydrogen-bond acceptors (Lipinski definition) is 8. The lowest BCUT2D eigenvalue weighted by molar-refractivity contribution is -0.251. The van der Waals surface area contributed by atoms with Gasteiger partial charge in [0.25, 0.3) is 0 Å². The quantitative estimate of drug-likeness (QED) is 0.123. The highest BCUT2D eigenvalue weighted by Gasteiger charge is 2.38. The molecule has 0 fully saturated rings. The number of nitrogens with zero attached hydrogens (tertiary/aromatic N) is 2. The summed E-state index contributed by atoms with van der Waals surface area (Å²) in [5.74, 6) is 0.373. The van der Waals surface area contributed by atoms with Crippen LogP contribution in [0.1, 0.15) is 16.7 Å². The second kappa shape index (κ2) is 14.4. The van der Waals surface area contributed by atoms with Crippen LogP contribution in [-0.2, 0) is 12.1 Å². The number of urea groups is 1. The van der Waals surface area contributed by atoms with Crippen molar-refractivity contribution in [2.24, 2.45) is 0 Å². The average molecular weight is 586 g/mol. The van der Waals surface area contributed by atoms with Gasteiger partial charge in [-0.3, -0.25) is 0 Å². The molecule has 43 heavy (non-hydrogen) atoms. The van der Waals surface area contributed by atoms with Crippen LogP contribution in [0.2, 0.25) is 0 Å². The van der Waals surface area contributed by atoms with Crippen molar-refractivity contribution in [2.75, 3.05) is 30.3 Å². The molecule has 1 heterocycles. The van der Waals surface area contributed by atoms with E-state index in [9.17, 15) is 29.7 Å². The average Bonchev–Trinajstić information content (AvgIpc) is 3.38. The summed E-state index contributed by atoms with van der Waals surface area (Å²) in [6, 6.07) is 27.5. The number of amides is 4. The molecular formula is C30H31N7O6-2. The fraction of sp³-hybridized carbons (Fsp3) is 0.200. The van der Waals surface area contributed by atoms with Gasteiger partial charge in [0.05, 0.1) is 25.4 Å². The molecule has 0 atom stereocenters. The summed E-state index contributed by atoms with van der Waals surface area (Å²) in [6.45, 7) is -0.787. The zero-order valence-corrected chi connectivity index (χ0v) is 23.0. The smallest absolute Gasteiger partial charge is 0.319 e. The van der Waals surface area contributed by atoms with Gasteiger partial charge in [0.2, 0.25) is 0 Å². The van der Waals surface area contributed by atoms with Crippen LogP contribution in [0.3, 0.4) is 0 Å². The molecule has 4 aromatic rings. The number of benzene rings is 3. The normalized spacial score (nSPS) is 11.0. The molecule has 4 amide bonds. The number of carboxylic acid groups (broad SMARTS) is 2. The molecule has 0 aliphatic carbocycles. The number of aliphatic hydroxyl groups is 1. The van der Waals surface area contributed by atoms with Gasteiger partial charge in [-0.15, -0.1) is 0 Å². The van der Waals surface area contributed by atoms with E-state index in [2.05, 4.69) is 21.0 Å². The molecule has 0 aliphatic heterocycles. The third-order valence-corrected chi connectivity index (χ3v) is 6.65. The van der Waals surface area contributed by atoms with E-state index in [4.69, 9.17) is 0 Å². The lowest BCUT2D eigenvalue weighted by Crippen LogP contribution is -2.54. The van der Waals surface area contributed by atoms with Crippen LogP contribution in [-0.4, -0.2) is 58.8 Å². The van der Waals surface area contributed by atoms with Crippen LogP contribution in [0.4, 0.5) is 25.9 Å². The fourth-order valence-corrected chi connectivity index (χ4v) is 4.76. The van der Waals surface area contributed by atoms with Gasteiger partial charge in [-0.25, -0.2) is 9.48 Å². The number of hydrogen-bond donors (Lipinski definition) is 6. The largest absolute Gasteiger partial charge is 0.530 e. The predicted octanol–water partition coefficient (Wildman–Crippen LogP) is 0.635. The Morgan fingerprint density at radius 2 is 1.26 bits per heavy atom. The Labute approximate surface area is 247 Å². The summed E-state index contributed by atoms with van der Waals surface area (Å²) in [7, 11) is 0. The van der Waals surface area contributed by atoms with Gasteiger partial charge < -0.3 is 51.5 Å². The minimum Gasteiger partial charge on any atom is -0.530 e. The van der Waals surface area contributed by atoms with Crippen LogP contribution in [0.15, 0.2) is 97.2 Å². The third kappa shape index (κ3) is 7.59. The highest BCUT2D eigenvalue weighted by molar-refractivity contribution is 5.93. The Balaban J connectivity index is 1.75. The molecule has 6 N–H and O–H groups in total. The Kier molecular flexibility index (Phi) is 10.2. The van der Waals surface area contributed by atoms with Crippen molar-refractivity contribution >= 4 is 29.7 Å². The van der Waals surface area contributed by atoms with Gasteiger partial charge >= 0.3 is 6.03 Å². The summed E-state index contributed by atoms with van der Waals surface area (Å²) in [4.78, 5) is 34.8. The van der Waals surface area contributed by atoms with Crippen LogP contribution in [0.25, 0.3) is 0 Å². The van der Waals surface area contributed by atoms with Gasteiger partial charge in [-0.05, 0) is 16.7 Å². The molecule has 224 valence electrons. The van der Waals surface area contributed by atoms with Gasteiger partial charge in [-0.1, -0.05) is 91.0 Å². The number of nitrogens with one attached hydrogen (secondary N) is 5. The lowest BCUT2D eigenvalue weighted by Gasteiger charge is -2.38. The zero-order valence-electron chi connectivity index (χ0n) is 23.0. The molecular weight excluding hydrogens is 554 g/mol. The SMILES string of the molecule is O=C([O-])NCC(CNC(=O)[O-])NC(=O)Nc1cnn(CCO)c1NC(c1ccccc1)(c1ccccc1)c1ccccc1. The van der Waals surface area contributed by atoms with Crippen LogP contribution >= 0.6 is 0 Å². The van der Waals surface area contributed by atoms with E-state index >= 15 is 0 Å². The molecule has 0 bridgehead atoms. The second-order valence-electron chi connectivity index (χ2n) is 9.46. The van der Waals surface area contributed by atoms with E-state index < -0.39 is 29.8 Å². The third-order valence-electron chi connectivity index (χ3n) is 6.65. The van der Waals surface area contributed by atoms with Crippen molar-refractivity contribution in [3.05, 3.63) is 114 Å². The summed E-state index contributed by atoms with van der Waals surface area (Å²) >= 11 is 0. The Morgan fingerprint density at radius 3 is 1.67 bits per heavy atom. The number of rotatable bonds is 13. The highest BCUT2D eigenvalue weighted by atomic mass is 16.4. The molecule has 0 spiro atoms. The maximum absolute atomic E-state index is 13.1. The van der Waals surface area contributed by atoms with Gasteiger partial charge in [0.15, 0.2) is 0 Å². The Morgan fingerprint density at radius 1 is 0.791 bits per heavy atom. The molecule has 3 aromatic carbocycles. The second-order valence-corrected chi connectivity index (χ2v) is 9.46. The molecule has 1 aromatic heterocycles. The first-order valence-electron chi connectivity index (χ1n) is 13.4. The summed E-state index contributed by atoms with van der Waals surface area (Å²) in [5.41, 5.74) is 1.94. The summed E-state index contributed by atoms with van der Waals surface area (Å²) < 4.78 is 1.52. The number of anilines is 2. The van der Waals surface area contributed by atoms with Crippen molar-refractivity contribution in [1.82, 2.24) is 25.7 Å². The van der Waals surface area contributed by atoms with Gasteiger partial charge in [0.1, 0.15) is 29.2 Å². The molecule has 0 saturated carbocycles.